The molecule has 1 aromatic carbocycles. The van der Waals surface area contributed by atoms with Gasteiger partial charge in [-0.15, -0.1) is 0 Å². The van der Waals surface area contributed by atoms with Gasteiger partial charge in [0, 0.05) is 38.5 Å². The second-order valence-corrected chi connectivity index (χ2v) is 5.65. The summed E-state index contributed by atoms with van der Waals surface area (Å²) in [5.74, 6) is 0.0343. The first-order chi connectivity index (χ1) is 9.60. The molecule has 2 unspecified atom stereocenters. The molecule has 2 rings (SSSR count). The first-order valence-electron chi connectivity index (χ1n) is 7.21. The lowest BCUT2D eigenvalue weighted by atomic mass is 9.92. The third kappa shape index (κ3) is 3.73. The lowest BCUT2D eigenvalue weighted by Gasteiger charge is -2.29. The summed E-state index contributed by atoms with van der Waals surface area (Å²) in [7, 11) is 5.32. The molecule has 1 saturated carbocycles. The number of amides is 1. The largest absolute Gasteiger partial charge is 0.382 e. The number of nitrogens with one attached hydrogen (secondary N) is 1. The third-order valence-corrected chi connectivity index (χ3v) is 3.85. The number of methoxy groups -OCH3 is 1. The van der Waals surface area contributed by atoms with Gasteiger partial charge in [-0.25, -0.2) is 0 Å². The van der Waals surface area contributed by atoms with Gasteiger partial charge < -0.3 is 15.0 Å². The smallest absolute Gasteiger partial charge is 0.253 e. The molecule has 4 heteroatoms. The van der Waals surface area contributed by atoms with Crippen LogP contribution < -0.4 is 5.32 Å². The Morgan fingerprint density at radius 1 is 1.35 bits per heavy atom. The van der Waals surface area contributed by atoms with Gasteiger partial charge in [-0.05, 0) is 43.9 Å². The van der Waals surface area contributed by atoms with E-state index in [-0.39, 0.29) is 5.91 Å². The van der Waals surface area contributed by atoms with Crippen molar-refractivity contribution in [1.29, 1.82) is 0 Å². The fourth-order valence-corrected chi connectivity index (χ4v) is 2.73. The molecular weight excluding hydrogens is 252 g/mol. The molecule has 110 valence electrons. The predicted molar refractivity (Wildman–Crippen MR) is 81.1 cm³/mol. The number of rotatable bonds is 4. The maximum atomic E-state index is 12.0. The summed E-state index contributed by atoms with van der Waals surface area (Å²) < 4.78 is 5.45. The maximum Gasteiger partial charge on any atom is 0.253 e. The Balaban J connectivity index is 2.02. The van der Waals surface area contributed by atoms with Crippen molar-refractivity contribution >= 4 is 11.6 Å². The molecule has 1 amide bonds. The van der Waals surface area contributed by atoms with Gasteiger partial charge in [0.15, 0.2) is 0 Å². The Morgan fingerprint density at radius 3 is 2.85 bits per heavy atom. The molecule has 0 saturated heterocycles. The van der Waals surface area contributed by atoms with Crippen molar-refractivity contribution in [3.8, 4) is 0 Å². The number of carbonyl (C=O) groups excluding carboxylic acids is 1. The number of anilines is 1. The number of hydrogen-bond donors (Lipinski definition) is 1. The van der Waals surface area contributed by atoms with Crippen LogP contribution in [0.2, 0.25) is 0 Å². The van der Waals surface area contributed by atoms with Crippen LogP contribution >= 0.6 is 0 Å². The van der Waals surface area contributed by atoms with E-state index in [4.69, 9.17) is 4.74 Å². The van der Waals surface area contributed by atoms with Crippen molar-refractivity contribution in [2.75, 3.05) is 26.5 Å². The minimum Gasteiger partial charge on any atom is -0.382 e. The fourth-order valence-electron chi connectivity index (χ4n) is 2.73. The minimum absolute atomic E-state index is 0.0343. The van der Waals surface area contributed by atoms with Crippen molar-refractivity contribution in [3.63, 3.8) is 0 Å². The highest BCUT2D eigenvalue weighted by atomic mass is 16.5. The average molecular weight is 276 g/mol. The molecule has 1 aromatic rings. The lowest BCUT2D eigenvalue weighted by Crippen LogP contribution is -2.31. The predicted octanol–water partition coefficient (Wildman–Crippen LogP) is 2.76. The zero-order valence-electron chi connectivity index (χ0n) is 12.6. The van der Waals surface area contributed by atoms with Gasteiger partial charge in [-0.1, -0.05) is 6.07 Å². The molecule has 0 heterocycles. The number of benzene rings is 1. The Bertz CT molecular complexity index is 460. The molecule has 2 atom stereocenters. The standard InChI is InChI=1S/C16H24N2O2/c1-18(2)16(19)12-6-4-7-13(10-12)17-14-8-5-9-15(11-14)20-3/h4,6-7,10,14-15,17H,5,8-9,11H2,1-3H3. The van der Waals surface area contributed by atoms with E-state index in [9.17, 15) is 4.79 Å². The summed E-state index contributed by atoms with van der Waals surface area (Å²) in [6, 6.07) is 8.15. The summed E-state index contributed by atoms with van der Waals surface area (Å²) in [6.45, 7) is 0. The highest BCUT2D eigenvalue weighted by Crippen LogP contribution is 2.24. The first kappa shape index (κ1) is 14.9. The SMILES string of the molecule is COC1CCCC(Nc2cccc(C(=O)N(C)C)c2)C1. The van der Waals surface area contributed by atoms with Crippen molar-refractivity contribution in [2.24, 2.45) is 0 Å². The van der Waals surface area contributed by atoms with E-state index in [1.807, 2.05) is 24.3 Å². The van der Waals surface area contributed by atoms with Crippen LogP contribution in [-0.2, 0) is 4.74 Å². The van der Waals surface area contributed by atoms with Gasteiger partial charge >= 0.3 is 0 Å². The van der Waals surface area contributed by atoms with E-state index in [0.29, 0.717) is 12.1 Å². The zero-order valence-corrected chi connectivity index (χ0v) is 12.6. The van der Waals surface area contributed by atoms with E-state index in [1.54, 1.807) is 26.1 Å². The van der Waals surface area contributed by atoms with Crippen molar-refractivity contribution in [1.82, 2.24) is 4.90 Å². The van der Waals surface area contributed by atoms with Gasteiger partial charge in [-0.3, -0.25) is 4.79 Å². The summed E-state index contributed by atoms with van der Waals surface area (Å²) in [6.07, 6.45) is 4.88. The second-order valence-electron chi connectivity index (χ2n) is 5.65. The van der Waals surface area contributed by atoms with Crippen LogP contribution in [0.3, 0.4) is 0 Å². The number of nitrogens with zero attached hydrogens (tertiary/aromatic N) is 1. The second kappa shape index (κ2) is 6.75. The monoisotopic (exact) mass is 276 g/mol. The maximum absolute atomic E-state index is 12.0. The molecule has 1 aliphatic carbocycles. The Hall–Kier alpha value is -1.55. The molecule has 0 bridgehead atoms. The summed E-state index contributed by atoms with van der Waals surface area (Å²) in [5.41, 5.74) is 1.73. The van der Waals surface area contributed by atoms with Crippen molar-refractivity contribution in [2.45, 2.75) is 37.8 Å². The number of hydrogen-bond acceptors (Lipinski definition) is 3. The van der Waals surface area contributed by atoms with Gasteiger partial charge in [-0.2, -0.15) is 0 Å². The summed E-state index contributed by atoms with van der Waals surface area (Å²) in [5, 5.41) is 3.53. The molecular formula is C16H24N2O2. The fraction of sp³-hybridized carbons (Fsp3) is 0.562. The van der Waals surface area contributed by atoms with Crippen LogP contribution in [0.4, 0.5) is 5.69 Å². The van der Waals surface area contributed by atoms with E-state index in [2.05, 4.69) is 5.32 Å². The number of carbonyl (C=O) groups is 1. The molecule has 0 aliphatic heterocycles. The van der Waals surface area contributed by atoms with E-state index >= 15 is 0 Å². The van der Waals surface area contributed by atoms with Crippen molar-refractivity contribution < 1.29 is 9.53 Å². The molecule has 0 aromatic heterocycles. The Labute approximate surface area is 121 Å². The van der Waals surface area contributed by atoms with Crippen LogP contribution in [0, 0.1) is 0 Å². The molecule has 1 aliphatic rings. The third-order valence-electron chi connectivity index (χ3n) is 3.85. The number of ether oxygens (including phenoxy) is 1. The normalized spacial score (nSPS) is 22.4. The molecule has 4 nitrogen and oxygen atoms in total. The van der Waals surface area contributed by atoms with Gasteiger partial charge in [0.05, 0.1) is 6.10 Å². The minimum atomic E-state index is 0.0343. The highest BCUT2D eigenvalue weighted by molar-refractivity contribution is 5.94. The van der Waals surface area contributed by atoms with Crippen LogP contribution in [0.5, 0.6) is 0 Å². The van der Waals surface area contributed by atoms with Gasteiger partial charge in [0.25, 0.3) is 5.91 Å². The molecule has 0 radical (unpaired) electrons. The lowest BCUT2D eigenvalue weighted by molar-refractivity contribution is 0.0669. The molecule has 1 fully saturated rings. The van der Waals surface area contributed by atoms with Crippen LogP contribution in [0.1, 0.15) is 36.0 Å². The zero-order chi connectivity index (χ0) is 14.5. The Kier molecular flexibility index (Phi) is 5.01. The molecule has 1 N–H and O–H groups in total. The first-order valence-corrected chi connectivity index (χ1v) is 7.21. The Morgan fingerprint density at radius 2 is 2.15 bits per heavy atom. The summed E-state index contributed by atoms with van der Waals surface area (Å²) >= 11 is 0. The van der Waals surface area contributed by atoms with E-state index in [1.165, 1.54) is 6.42 Å². The van der Waals surface area contributed by atoms with E-state index in [0.717, 1.165) is 30.5 Å². The van der Waals surface area contributed by atoms with Crippen molar-refractivity contribution in [3.05, 3.63) is 29.8 Å². The quantitative estimate of drug-likeness (QED) is 0.919. The van der Waals surface area contributed by atoms with Crippen LogP contribution in [0.15, 0.2) is 24.3 Å². The molecule has 0 spiro atoms. The average Bonchev–Trinajstić information content (AvgIpc) is 2.47. The highest BCUT2D eigenvalue weighted by Gasteiger charge is 2.21. The van der Waals surface area contributed by atoms with Gasteiger partial charge in [0.2, 0.25) is 0 Å². The summed E-state index contributed by atoms with van der Waals surface area (Å²) in [4.78, 5) is 13.6. The topological polar surface area (TPSA) is 41.6 Å². The van der Waals surface area contributed by atoms with Gasteiger partial charge in [0.1, 0.15) is 0 Å². The molecule has 20 heavy (non-hydrogen) atoms. The van der Waals surface area contributed by atoms with E-state index < -0.39 is 0 Å². The van der Waals surface area contributed by atoms with Crippen LogP contribution in [-0.4, -0.2) is 44.2 Å². The van der Waals surface area contributed by atoms with Crippen LogP contribution in [0.25, 0.3) is 0 Å².